The van der Waals surface area contributed by atoms with Crippen LogP contribution in [-0.2, 0) is 122 Å². The van der Waals surface area contributed by atoms with E-state index in [0.717, 1.165) is 18.7 Å². The third-order valence-electron chi connectivity index (χ3n) is 23.3. The maximum atomic E-state index is 15.6. The molecule has 1 fully saturated rings. The zero-order valence-electron chi connectivity index (χ0n) is 76.8. The van der Waals surface area contributed by atoms with Crippen LogP contribution >= 0.6 is 11.8 Å². The number of aliphatic hydroxyl groups excluding tert-OH is 1. The van der Waals surface area contributed by atoms with Crippen LogP contribution < -0.4 is 80.2 Å². The summed E-state index contributed by atoms with van der Waals surface area (Å²) >= 11 is 0.783. The summed E-state index contributed by atoms with van der Waals surface area (Å²) in [5.74, 6) is -19.5. The fraction of sp³-hybridized carbons (Fsp3) is 0.385. The minimum absolute atomic E-state index is 0.0549. The number of aliphatic hydroxyl groups is 1. The van der Waals surface area contributed by atoms with Crippen LogP contribution in [0.3, 0.4) is 0 Å². The molecule has 1 saturated heterocycles. The van der Waals surface area contributed by atoms with Gasteiger partial charge in [0, 0.05) is 97.5 Å². The van der Waals surface area contributed by atoms with Crippen molar-refractivity contribution in [1.29, 1.82) is 0 Å². The van der Waals surface area contributed by atoms with Crippen LogP contribution in [0.2, 0.25) is 0 Å². The number of amides is 15. The van der Waals surface area contributed by atoms with Gasteiger partial charge in [0.25, 0.3) is 0 Å². The number of benzene rings is 6. The van der Waals surface area contributed by atoms with Crippen LogP contribution in [0.5, 0.6) is 23.0 Å². The molecule has 1 aliphatic heterocycles. The molecule has 16 atom stereocenters. The van der Waals surface area contributed by atoms with E-state index in [4.69, 9.17) is 5.73 Å². The minimum Gasteiger partial charge on any atom is -0.508 e. The van der Waals surface area contributed by atoms with Gasteiger partial charge in [-0.15, -0.1) is 11.8 Å². The van der Waals surface area contributed by atoms with Crippen molar-refractivity contribution in [1.82, 2.24) is 94.4 Å². The molecular weight excluding hydrogens is 1800 g/mol. The van der Waals surface area contributed by atoms with Gasteiger partial charge in [-0.05, 0) is 139 Å². The van der Waals surface area contributed by atoms with Crippen molar-refractivity contribution < 1.29 is 107 Å². The Morgan fingerprint density at radius 1 is 0.406 bits per heavy atom. The first-order valence-electron chi connectivity index (χ1n) is 45.0. The summed E-state index contributed by atoms with van der Waals surface area (Å²) in [6, 6.07) is 12.6. The van der Waals surface area contributed by atoms with Gasteiger partial charge in [-0.2, -0.15) is 0 Å². The Morgan fingerprint density at radius 2 is 0.754 bits per heavy atom. The number of thioether (sulfide) groups is 1. The van der Waals surface area contributed by atoms with E-state index >= 15 is 28.8 Å². The van der Waals surface area contributed by atoms with Gasteiger partial charge in [0.1, 0.15) is 108 Å². The van der Waals surface area contributed by atoms with Crippen molar-refractivity contribution in [3.05, 3.63) is 210 Å². The Balaban J connectivity index is 1.02. The summed E-state index contributed by atoms with van der Waals surface area (Å²) < 4.78 is 0. The number of aromatic amines is 3. The average Bonchev–Trinajstić information content (AvgIpc) is 1.65. The SMILES string of the molecule is CC[C@H](C)[C@@H]1NC(=O)[C@H](CC(C)C)NC(=O)[C@@H](Cc2ccc(O)cc2)NC(=O)CSC[C@@H](C(N)=O)NC(=O)[C@H](C)NC(=O)[C@H](Cc2c[nH]cn2)NC(=O)[C@H](CCC(=O)O)NC(=O)[C@H](Cc2c[nH]c3ccccc23)NC(=O)[C@H](Cc2c[nH]c3ccccc23)NC(=O)[C@H]([C@@H](C)O)NC(=O)[C@H](Cc2ccc(O)cc2)NC(=O)[C@H](Cc2ccc(O)cc2)NC(=O)[C@H](C)NC(=O)[C@H](Cc2ccc(O)cc2)NC1=O. The summed E-state index contributed by atoms with van der Waals surface area (Å²) in [4.78, 5) is 248. The Kier molecular flexibility index (Phi) is 37.8. The van der Waals surface area contributed by atoms with E-state index in [-0.39, 0.29) is 78.9 Å². The first-order chi connectivity index (χ1) is 65.7. The van der Waals surface area contributed by atoms with E-state index < -0.39 is 229 Å². The lowest BCUT2D eigenvalue weighted by Crippen LogP contribution is -2.63. The van der Waals surface area contributed by atoms with Gasteiger partial charge < -0.3 is 126 Å². The fourth-order valence-electron chi connectivity index (χ4n) is 15.4. The van der Waals surface area contributed by atoms with E-state index in [1.54, 1.807) is 88.6 Å². The number of aliphatic carboxylic acids is 1. The van der Waals surface area contributed by atoms with E-state index in [2.05, 4.69) is 94.4 Å². The highest BCUT2D eigenvalue weighted by Gasteiger charge is 2.41. The van der Waals surface area contributed by atoms with E-state index in [0.29, 0.717) is 55.2 Å². The van der Waals surface area contributed by atoms with Gasteiger partial charge in [0.15, 0.2) is 0 Å². The van der Waals surface area contributed by atoms with E-state index in [9.17, 15) is 78.6 Å². The Labute approximate surface area is 797 Å². The summed E-state index contributed by atoms with van der Waals surface area (Å²) in [5, 5.41) is 101. The van der Waals surface area contributed by atoms with Gasteiger partial charge in [-0.25, -0.2) is 4.98 Å². The number of nitrogens with zero attached hydrogens (tertiary/aromatic N) is 1. The molecule has 25 N–H and O–H groups in total. The first-order valence-corrected chi connectivity index (χ1v) is 46.1. The van der Waals surface area contributed by atoms with Gasteiger partial charge >= 0.3 is 5.97 Å². The van der Waals surface area contributed by atoms with Crippen LogP contribution in [0.4, 0.5) is 0 Å². The molecule has 0 bridgehead atoms. The topological polar surface area (TPSA) is 649 Å². The maximum Gasteiger partial charge on any atom is 0.303 e. The van der Waals surface area contributed by atoms with Crippen molar-refractivity contribution in [3.8, 4) is 23.0 Å². The molecule has 6 aromatic carbocycles. The molecule has 0 spiro atoms. The molecule has 3 aromatic heterocycles. The number of hydrogen-bond donors (Lipinski definition) is 24. The van der Waals surface area contributed by atoms with Crippen LogP contribution in [0, 0.1) is 11.8 Å². The average molecular weight is 1920 g/mol. The quantitative estimate of drug-likeness (QED) is 0.0417. The normalized spacial score (nSPS) is 23.3. The number of aromatic hydroxyl groups is 4. The molecule has 10 rings (SSSR count). The van der Waals surface area contributed by atoms with Gasteiger partial charge in [-0.1, -0.05) is 119 Å². The number of carboxylic acid groups (broad SMARTS) is 1. The molecule has 0 aliphatic carbocycles. The molecule has 734 valence electrons. The standard InChI is InChI=1S/C96H117N19O22S/c1-8-50(4)81-95(136)111-72(37-55-19-27-62(118)28-20-55)87(128)102-51(5)84(125)106-73(38-56-21-29-63(119)30-22-56)90(131)108-74(39-57-23-31-64(120)32-24-57)94(135)115-82(53(7)116)96(137)112-76(41-59-44-100-68-16-12-10-14-66(59)68)92(133)109-75(40-58-43-99-67-15-11-9-13-65(58)67)91(132)105-69(33-34-80(122)123)86(127)110-77(42-60-45-98-48-101-60)88(129)103-52(6)85(126)113-78(83(97)124)46-138-47-79(121)104-71(36-54-17-25-61(117)26-18-54)89(130)107-70(35-49(2)3)93(134)114-81/h9-32,43-45,48-53,69-78,81-82,99-100,116-120H,8,33-42,46-47H2,1-7H3,(H2,97,124)(H,98,101)(H,102,128)(H,103,129)(H,104,121)(H,105,132)(H,106,125)(H,107,130)(H,108,131)(H,109,133)(H,110,127)(H,111,136)(H,112,137)(H,113,126)(H,114,134)(H,115,135)(H,122,123)/t50-,51-,52-,53+,69-,70-,71+,72-,73-,74-,75-,76-,77-,78-,81-,82-/m0/s1. The second-order valence-electron chi connectivity index (χ2n) is 34.6. The molecule has 41 nitrogen and oxygen atoms in total. The van der Waals surface area contributed by atoms with Crippen LogP contribution in [-0.4, -0.2) is 247 Å². The smallest absolute Gasteiger partial charge is 0.303 e. The second-order valence-corrected chi connectivity index (χ2v) is 35.6. The van der Waals surface area contributed by atoms with Crippen molar-refractivity contribution in [2.75, 3.05) is 11.5 Å². The Hall–Kier alpha value is -15.4. The number of carbonyl (C=O) groups is 16. The molecule has 4 heterocycles. The number of carbonyl (C=O) groups excluding carboxylic acids is 15. The summed E-state index contributed by atoms with van der Waals surface area (Å²) in [7, 11) is 0. The van der Waals surface area contributed by atoms with Crippen LogP contribution in [0.25, 0.3) is 21.8 Å². The number of aromatic nitrogens is 4. The Morgan fingerprint density at radius 3 is 1.16 bits per heavy atom. The van der Waals surface area contributed by atoms with E-state index in [1.807, 2.05) is 0 Å². The number of nitrogens with two attached hydrogens (primary N) is 1. The van der Waals surface area contributed by atoms with Gasteiger partial charge in [-0.3, -0.25) is 76.7 Å². The van der Waals surface area contributed by atoms with Crippen molar-refractivity contribution in [2.45, 2.75) is 210 Å². The van der Waals surface area contributed by atoms with Crippen LogP contribution in [0.1, 0.15) is 113 Å². The first kappa shape index (κ1) is 105. The number of nitrogens with one attached hydrogen (secondary N) is 17. The number of H-pyrrole nitrogens is 3. The number of rotatable bonds is 23. The largest absolute Gasteiger partial charge is 0.508 e. The molecule has 15 amide bonds. The Bertz CT molecular complexity index is 5800. The number of phenolic OH excluding ortho intramolecular Hbond substituents is 4. The summed E-state index contributed by atoms with van der Waals surface area (Å²) in [6.45, 7) is 10.5. The molecule has 0 saturated carbocycles. The number of hydrogen-bond acceptors (Lipinski definition) is 23. The highest BCUT2D eigenvalue weighted by molar-refractivity contribution is 8.00. The zero-order valence-corrected chi connectivity index (χ0v) is 77.6. The number of imidazole rings is 1. The molecule has 42 heteroatoms. The predicted octanol–water partition coefficient (Wildman–Crippen LogP) is 0.590. The maximum absolute atomic E-state index is 15.6. The number of phenols is 4. The number of primary amides is 1. The van der Waals surface area contributed by atoms with E-state index in [1.165, 1.54) is 123 Å². The number of para-hydroxylation sites is 2. The zero-order chi connectivity index (χ0) is 100. The molecule has 1 aliphatic rings. The van der Waals surface area contributed by atoms with Crippen molar-refractivity contribution in [3.63, 3.8) is 0 Å². The molecule has 0 unspecified atom stereocenters. The predicted molar refractivity (Wildman–Crippen MR) is 506 cm³/mol. The second kappa shape index (κ2) is 49.7. The third-order valence-corrected chi connectivity index (χ3v) is 24.3. The molecule has 0 radical (unpaired) electrons. The monoisotopic (exact) mass is 1920 g/mol. The van der Waals surface area contributed by atoms with Crippen LogP contribution in [0.15, 0.2) is 171 Å². The highest BCUT2D eigenvalue weighted by Crippen LogP contribution is 2.25. The van der Waals surface area contributed by atoms with Crippen molar-refractivity contribution in [2.24, 2.45) is 17.6 Å². The number of fused-ring (bicyclic) bond motifs is 2. The number of carboxylic acids is 1. The fourth-order valence-corrected chi connectivity index (χ4v) is 16.3. The lowest BCUT2D eigenvalue weighted by atomic mass is 9.95. The minimum atomic E-state index is -2.02. The highest BCUT2D eigenvalue weighted by atomic mass is 32.2. The molecule has 9 aromatic rings. The molecule has 138 heavy (non-hydrogen) atoms. The lowest BCUT2D eigenvalue weighted by Gasteiger charge is -2.30. The molecular formula is C96H117N19O22S. The third kappa shape index (κ3) is 30.8. The van der Waals surface area contributed by atoms with Gasteiger partial charge in [0.05, 0.1) is 23.9 Å². The summed E-state index contributed by atoms with van der Waals surface area (Å²) in [5.41, 5.74) is 9.39. The summed E-state index contributed by atoms with van der Waals surface area (Å²) in [6.07, 6.45) is 0.0875. The van der Waals surface area contributed by atoms with Crippen molar-refractivity contribution >= 4 is 128 Å². The lowest BCUT2D eigenvalue weighted by molar-refractivity contribution is -0.139. The van der Waals surface area contributed by atoms with Gasteiger partial charge in [0.2, 0.25) is 88.6 Å².